The molecule has 0 unspecified atom stereocenters. The average molecular weight is 481 g/mol. The Bertz CT molecular complexity index is 1410. The Kier molecular flexibility index (Phi) is 5.76. The summed E-state index contributed by atoms with van der Waals surface area (Å²) in [4.78, 5) is 22.6. The number of aromatic nitrogens is 3. The summed E-state index contributed by atoms with van der Waals surface area (Å²) in [5.74, 6) is 0.778. The number of methoxy groups -OCH3 is 1. The number of rotatable bonds is 7. The number of hydrogen-bond donors (Lipinski definition) is 1. The van der Waals surface area contributed by atoms with Crippen molar-refractivity contribution in [3.63, 3.8) is 0 Å². The number of carbonyl (C=O) groups excluding carboxylic acids is 1. The number of nitrogens with one attached hydrogen (secondary N) is 1. The number of amides is 1. The summed E-state index contributed by atoms with van der Waals surface area (Å²) >= 11 is 2.93. The smallest absolute Gasteiger partial charge is 0.256 e. The number of nitrogens with zero attached hydrogens (tertiary/aromatic N) is 3. The first-order valence-electron chi connectivity index (χ1n) is 9.83. The number of halogens is 1. The molecule has 0 aliphatic heterocycles. The van der Waals surface area contributed by atoms with Gasteiger partial charge < -0.3 is 14.8 Å². The van der Waals surface area contributed by atoms with Crippen LogP contribution in [0.2, 0.25) is 0 Å². The van der Waals surface area contributed by atoms with Crippen molar-refractivity contribution >= 4 is 39.4 Å². The second kappa shape index (κ2) is 9.00. The highest BCUT2D eigenvalue weighted by Gasteiger charge is 2.19. The van der Waals surface area contributed by atoms with Crippen molar-refractivity contribution in [1.29, 1.82) is 0 Å². The van der Waals surface area contributed by atoms with E-state index in [0.717, 1.165) is 5.69 Å². The van der Waals surface area contributed by atoms with Gasteiger partial charge in [0.25, 0.3) is 5.91 Å². The van der Waals surface area contributed by atoms with Crippen molar-refractivity contribution in [2.24, 2.45) is 0 Å². The van der Waals surface area contributed by atoms with Gasteiger partial charge in [-0.15, -0.1) is 22.7 Å². The van der Waals surface area contributed by atoms with E-state index < -0.39 is 0 Å². The average Bonchev–Trinajstić information content (AvgIpc) is 3.57. The van der Waals surface area contributed by atoms with Gasteiger partial charge in [-0.1, -0.05) is 0 Å². The van der Waals surface area contributed by atoms with Crippen molar-refractivity contribution in [2.75, 3.05) is 12.4 Å². The van der Waals surface area contributed by atoms with E-state index in [1.807, 2.05) is 17.0 Å². The lowest BCUT2D eigenvalue weighted by atomic mass is 10.1. The molecule has 5 rings (SSSR count). The fraction of sp³-hybridized carbons (Fsp3) is 0.0870. The summed E-state index contributed by atoms with van der Waals surface area (Å²) in [5.41, 5.74) is 4.21. The predicted molar refractivity (Wildman–Crippen MR) is 126 cm³/mol. The standard InChI is InChI=1S/C23H17FN4O3S2/c1-30-19-10-15(4-7-18(19)31-11-17-12-32-13-25-17)22(29)27-21-20(14-2-5-16(24)6-3-14)26-23-28(21)8-9-33-23/h2-10,12-13H,11H2,1H3,(H,27,29). The van der Waals surface area contributed by atoms with Gasteiger partial charge in [-0.05, 0) is 42.5 Å². The molecule has 0 aliphatic rings. The Hall–Kier alpha value is -3.76. The maximum Gasteiger partial charge on any atom is 0.256 e. The lowest BCUT2D eigenvalue weighted by Gasteiger charge is -2.12. The number of hydrogen-bond acceptors (Lipinski definition) is 7. The third-order valence-corrected chi connectivity index (χ3v) is 6.29. The molecule has 0 atom stereocenters. The lowest BCUT2D eigenvalue weighted by molar-refractivity contribution is 0.102. The van der Waals surface area contributed by atoms with E-state index in [1.54, 1.807) is 40.2 Å². The number of anilines is 1. The van der Waals surface area contributed by atoms with E-state index in [1.165, 1.54) is 41.9 Å². The first-order valence-corrected chi connectivity index (χ1v) is 11.7. The molecular weight excluding hydrogens is 463 g/mol. The third-order valence-electron chi connectivity index (χ3n) is 4.90. The third kappa shape index (κ3) is 4.30. The Morgan fingerprint density at radius 2 is 2.03 bits per heavy atom. The van der Waals surface area contributed by atoms with Gasteiger partial charge in [0.1, 0.15) is 23.9 Å². The van der Waals surface area contributed by atoms with Crippen LogP contribution in [-0.4, -0.2) is 27.4 Å². The molecule has 1 amide bonds. The zero-order valence-electron chi connectivity index (χ0n) is 17.3. The van der Waals surface area contributed by atoms with E-state index >= 15 is 0 Å². The van der Waals surface area contributed by atoms with Crippen LogP contribution in [0.15, 0.2) is 64.9 Å². The Morgan fingerprint density at radius 3 is 2.79 bits per heavy atom. The maximum atomic E-state index is 13.4. The van der Waals surface area contributed by atoms with E-state index in [0.29, 0.717) is 45.7 Å². The Labute approximate surface area is 196 Å². The molecule has 3 heterocycles. The van der Waals surface area contributed by atoms with Gasteiger partial charge >= 0.3 is 0 Å². The maximum absolute atomic E-state index is 13.4. The number of ether oxygens (including phenoxy) is 2. The number of thiazole rings is 2. The fourth-order valence-electron chi connectivity index (χ4n) is 3.28. The van der Waals surface area contributed by atoms with Crippen LogP contribution in [0.25, 0.3) is 16.2 Å². The first kappa shape index (κ1) is 21.1. The van der Waals surface area contributed by atoms with Crippen molar-refractivity contribution < 1.29 is 18.7 Å². The van der Waals surface area contributed by atoms with Gasteiger partial charge in [0.15, 0.2) is 16.5 Å². The van der Waals surface area contributed by atoms with Gasteiger partial charge in [-0.3, -0.25) is 9.20 Å². The lowest BCUT2D eigenvalue weighted by Crippen LogP contribution is -2.14. The number of fused-ring (bicyclic) bond motifs is 1. The quantitative estimate of drug-likeness (QED) is 0.333. The molecule has 7 nitrogen and oxygen atoms in total. The van der Waals surface area contributed by atoms with Gasteiger partial charge in [0.05, 0.1) is 18.3 Å². The highest BCUT2D eigenvalue weighted by Crippen LogP contribution is 2.33. The highest BCUT2D eigenvalue weighted by molar-refractivity contribution is 7.15. The molecule has 166 valence electrons. The van der Waals surface area contributed by atoms with E-state index in [2.05, 4.69) is 15.3 Å². The molecule has 2 aromatic carbocycles. The van der Waals surface area contributed by atoms with Crippen LogP contribution in [0.4, 0.5) is 10.2 Å². The fourth-order valence-corrected chi connectivity index (χ4v) is 4.54. The van der Waals surface area contributed by atoms with Gasteiger partial charge in [0, 0.05) is 28.1 Å². The van der Waals surface area contributed by atoms with Crippen molar-refractivity contribution in [2.45, 2.75) is 6.61 Å². The largest absolute Gasteiger partial charge is 0.493 e. The minimum Gasteiger partial charge on any atom is -0.493 e. The second-order valence-corrected chi connectivity index (χ2v) is 8.55. The molecule has 0 fully saturated rings. The molecule has 0 spiro atoms. The monoisotopic (exact) mass is 480 g/mol. The van der Waals surface area contributed by atoms with Gasteiger partial charge in [0.2, 0.25) is 0 Å². The topological polar surface area (TPSA) is 77.8 Å². The number of carbonyl (C=O) groups is 1. The van der Waals surface area contributed by atoms with E-state index in [-0.39, 0.29) is 11.7 Å². The second-order valence-electron chi connectivity index (χ2n) is 6.96. The molecule has 0 aliphatic carbocycles. The van der Waals surface area contributed by atoms with E-state index in [4.69, 9.17) is 9.47 Å². The molecule has 10 heteroatoms. The van der Waals surface area contributed by atoms with Crippen molar-refractivity contribution in [3.05, 3.63) is 82.0 Å². The Balaban J connectivity index is 1.42. The summed E-state index contributed by atoms with van der Waals surface area (Å²) < 4.78 is 26.4. The molecule has 0 bridgehead atoms. The van der Waals surface area contributed by atoms with Gasteiger partial charge in [-0.2, -0.15) is 0 Å². The summed E-state index contributed by atoms with van der Waals surface area (Å²) in [6.45, 7) is 0.304. The minimum atomic E-state index is -0.338. The van der Waals surface area contributed by atoms with Crippen LogP contribution in [0.3, 0.4) is 0 Å². The van der Waals surface area contributed by atoms with Gasteiger partial charge in [-0.25, -0.2) is 14.4 Å². The predicted octanol–water partition coefficient (Wildman–Crippen LogP) is 5.50. The van der Waals surface area contributed by atoms with Crippen molar-refractivity contribution in [1.82, 2.24) is 14.4 Å². The molecule has 33 heavy (non-hydrogen) atoms. The van der Waals surface area contributed by atoms with Crippen LogP contribution in [0.5, 0.6) is 11.5 Å². The number of imidazole rings is 1. The summed E-state index contributed by atoms with van der Waals surface area (Å²) in [7, 11) is 1.52. The zero-order chi connectivity index (χ0) is 22.8. The minimum absolute atomic E-state index is 0.304. The normalized spacial score (nSPS) is 11.0. The van der Waals surface area contributed by atoms with Crippen molar-refractivity contribution in [3.8, 4) is 22.8 Å². The van der Waals surface area contributed by atoms with Crippen LogP contribution in [0.1, 0.15) is 16.1 Å². The molecule has 0 saturated heterocycles. The summed E-state index contributed by atoms with van der Waals surface area (Å²) in [6.07, 6.45) is 1.83. The van der Waals surface area contributed by atoms with Crippen LogP contribution in [0, 0.1) is 5.82 Å². The molecule has 1 N–H and O–H groups in total. The SMILES string of the molecule is COc1cc(C(=O)Nc2c(-c3ccc(F)cc3)nc3sccn23)ccc1OCc1cscn1. The summed E-state index contributed by atoms with van der Waals surface area (Å²) in [5, 5.41) is 6.73. The summed E-state index contributed by atoms with van der Waals surface area (Å²) in [6, 6.07) is 11.0. The molecular formula is C23H17FN4O3S2. The van der Waals surface area contributed by atoms with Crippen LogP contribution in [-0.2, 0) is 6.61 Å². The first-order chi connectivity index (χ1) is 16.1. The zero-order valence-corrected chi connectivity index (χ0v) is 19.0. The molecule has 0 saturated carbocycles. The number of benzene rings is 2. The Morgan fingerprint density at radius 1 is 1.18 bits per heavy atom. The highest BCUT2D eigenvalue weighted by atomic mass is 32.1. The molecule has 0 radical (unpaired) electrons. The van der Waals surface area contributed by atoms with Crippen LogP contribution < -0.4 is 14.8 Å². The molecule has 5 aromatic rings. The van der Waals surface area contributed by atoms with Crippen LogP contribution >= 0.6 is 22.7 Å². The van der Waals surface area contributed by atoms with E-state index in [9.17, 15) is 9.18 Å². The molecule has 3 aromatic heterocycles.